The van der Waals surface area contributed by atoms with Crippen molar-refractivity contribution in [1.29, 1.82) is 0 Å². The Hall–Kier alpha value is -2.63. The molecule has 0 saturated carbocycles. The van der Waals surface area contributed by atoms with Crippen molar-refractivity contribution in [3.63, 3.8) is 0 Å². The molecule has 0 aliphatic heterocycles. The van der Waals surface area contributed by atoms with Gasteiger partial charge in [0.25, 0.3) is 0 Å². The number of carbonyl (C=O) groups excluding carboxylic acids is 3. The van der Waals surface area contributed by atoms with E-state index >= 15 is 0 Å². The Labute approximate surface area is 327 Å². The van der Waals surface area contributed by atoms with Crippen molar-refractivity contribution in [2.24, 2.45) is 0 Å². The minimum absolute atomic E-state index is 0.0858. The SMILES string of the molecule is CCC/C=C\C/C=C\CCCCCCCC(=O)OCC(COC(=O)CCCCCCC/C=C\CCCC)OC(=O)CCCCCCC/C=C\CCCC. The van der Waals surface area contributed by atoms with E-state index in [0.29, 0.717) is 19.3 Å². The lowest BCUT2D eigenvalue weighted by Crippen LogP contribution is -2.30. The third-order valence-corrected chi connectivity index (χ3v) is 9.26. The predicted octanol–water partition coefficient (Wildman–Crippen LogP) is 14.0. The third-order valence-electron chi connectivity index (χ3n) is 9.26. The fourth-order valence-electron chi connectivity index (χ4n) is 5.85. The van der Waals surface area contributed by atoms with Gasteiger partial charge in [0.15, 0.2) is 6.10 Å². The van der Waals surface area contributed by atoms with Crippen molar-refractivity contribution in [3.05, 3.63) is 48.6 Å². The van der Waals surface area contributed by atoms with Gasteiger partial charge in [-0.3, -0.25) is 14.4 Å². The molecule has 0 aromatic heterocycles. The number of esters is 3. The first-order valence-corrected chi connectivity index (χ1v) is 22.1. The molecule has 0 rings (SSSR count). The molecule has 0 aliphatic rings. The van der Waals surface area contributed by atoms with E-state index in [9.17, 15) is 14.4 Å². The van der Waals surface area contributed by atoms with Gasteiger partial charge in [0.05, 0.1) is 0 Å². The highest BCUT2D eigenvalue weighted by Gasteiger charge is 2.19. The second-order valence-corrected chi connectivity index (χ2v) is 14.6. The molecular formula is C47H82O6. The lowest BCUT2D eigenvalue weighted by molar-refractivity contribution is -0.167. The average Bonchev–Trinajstić information content (AvgIpc) is 3.15. The Morgan fingerprint density at radius 1 is 0.377 bits per heavy atom. The summed E-state index contributed by atoms with van der Waals surface area (Å²) in [6.45, 7) is 6.45. The fourth-order valence-corrected chi connectivity index (χ4v) is 5.85. The van der Waals surface area contributed by atoms with E-state index in [1.807, 2.05) is 0 Å². The summed E-state index contributed by atoms with van der Waals surface area (Å²) in [6.07, 6.45) is 48.0. The topological polar surface area (TPSA) is 78.9 Å². The van der Waals surface area contributed by atoms with Crippen LogP contribution in [0.3, 0.4) is 0 Å². The number of carbonyl (C=O) groups is 3. The van der Waals surface area contributed by atoms with Gasteiger partial charge in [0.1, 0.15) is 13.2 Å². The molecule has 1 atom stereocenters. The number of unbranched alkanes of at least 4 members (excludes halogenated alkanes) is 20. The van der Waals surface area contributed by atoms with E-state index in [1.54, 1.807) is 0 Å². The van der Waals surface area contributed by atoms with Crippen LogP contribution in [0.1, 0.15) is 213 Å². The molecule has 0 saturated heterocycles. The third kappa shape index (κ3) is 40.4. The molecule has 6 heteroatoms. The van der Waals surface area contributed by atoms with Gasteiger partial charge in [-0.1, -0.05) is 159 Å². The fraction of sp³-hybridized carbons (Fsp3) is 0.766. The van der Waals surface area contributed by atoms with Crippen LogP contribution in [0.2, 0.25) is 0 Å². The van der Waals surface area contributed by atoms with Gasteiger partial charge in [-0.15, -0.1) is 0 Å². The van der Waals surface area contributed by atoms with Crippen molar-refractivity contribution in [2.75, 3.05) is 13.2 Å². The van der Waals surface area contributed by atoms with Crippen LogP contribution in [0, 0.1) is 0 Å². The van der Waals surface area contributed by atoms with Crippen LogP contribution in [-0.4, -0.2) is 37.2 Å². The maximum atomic E-state index is 12.7. The molecule has 0 fully saturated rings. The van der Waals surface area contributed by atoms with E-state index < -0.39 is 6.10 Å². The highest BCUT2D eigenvalue weighted by Crippen LogP contribution is 2.13. The van der Waals surface area contributed by atoms with Gasteiger partial charge in [0.2, 0.25) is 0 Å². The second-order valence-electron chi connectivity index (χ2n) is 14.6. The Morgan fingerprint density at radius 3 is 1.13 bits per heavy atom. The monoisotopic (exact) mass is 743 g/mol. The Kier molecular flexibility index (Phi) is 40.0. The summed E-state index contributed by atoms with van der Waals surface area (Å²) in [6, 6.07) is 0. The number of allylic oxidation sites excluding steroid dienone is 8. The van der Waals surface area contributed by atoms with Gasteiger partial charge < -0.3 is 14.2 Å². The van der Waals surface area contributed by atoms with Crippen molar-refractivity contribution in [1.82, 2.24) is 0 Å². The summed E-state index contributed by atoms with van der Waals surface area (Å²) in [5.74, 6) is -0.923. The first-order chi connectivity index (χ1) is 26.0. The van der Waals surface area contributed by atoms with Crippen molar-refractivity contribution >= 4 is 17.9 Å². The summed E-state index contributed by atoms with van der Waals surface area (Å²) in [7, 11) is 0. The quantitative estimate of drug-likeness (QED) is 0.0270. The molecule has 0 aromatic carbocycles. The number of hydrogen-bond donors (Lipinski definition) is 0. The van der Waals surface area contributed by atoms with Crippen LogP contribution >= 0.6 is 0 Å². The highest BCUT2D eigenvalue weighted by atomic mass is 16.6. The van der Waals surface area contributed by atoms with Crippen molar-refractivity contribution in [3.8, 4) is 0 Å². The molecule has 0 aliphatic carbocycles. The molecule has 0 bridgehead atoms. The van der Waals surface area contributed by atoms with E-state index in [2.05, 4.69) is 69.4 Å². The van der Waals surface area contributed by atoms with Crippen LogP contribution in [0.5, 0.6) is 0 Å². The Morgan fingerprint density at radius 2 is 0.717 bits per heavy atom. The second kappa shape index (κ2) is 42.1. The van der Waals surface area contributed by atoms with E-state index in [4.69, 9.17) is 14.2 Å². The van der Waals surface area contributed by atoms with Crippen LogP contribution in [0.15, 0.2) is 48.6 Å². The summed E-state index contributed by atoms with van der Waals surface area (Å²) < 4.78 is 16.6. The molecule has 0 aromatic rings. The highest BCUT2D eigenvalue weighted by molar-refractivity contribution is 5.71. The van der Waals surface area contributed by atoms with Crippen molar-refractivity contribution < 1.29 is 28.6 Å². The first-order valence-electron chi connectivity index (χ1n) is 22.1. The molecule has 53 heavy (non-hydrogen) atoms. The zero-order valence-corrected chi connectivity index (χ0v) is 34.8. The largest absolute Gasteiger partial charge is 0.462 e. The minimum atomic E-state index is -0.782. The van der Waals surface area contributed by atoms with Gasteiger partial charge in [-0.25, -0.2) is 0 Å². The molecule has 0 radical (unpaired) electrons. The molecular weight excluding hydrogens is 661 g/mol. The summed E-state index contributed by atoms with van der Waals surface area (Å²) >= 11 is 0. The van der Waals surface area contributed by atoms with Gasteiger partial charge in [0, 0.05) is 19.3 Å². The summed E-state index contributed by atoms with van der Waals surface area (Å²) in [4.78, 5) is 37.6. The van der Waals surface area contributed by atoms with Crippen LogP contribution in [0.4, 0.5) is 0 Å². The standard InChI is InChI=1S/C47H82O6/c1-4-7-10-13-16-19-22-23-26-28-31-34-37-40-46(49)52-43-44(53-47(50)41-38-35-32-29-25-21-18-15-12-9-6-3)42-51-45(48)39-36-33-30-27-24-20-17-14-11-8-5-2/h10,13-15,17-19,22,44H,4-9,11-12,16,20-21,23-43H2,1-3H3/b13-10-,17-14-,18-15-,22-19-. The zero-order valence-electron chi connectivity index (χ0n) is 34.8. The molecule has 0 amide bonds. The smallest absolute Gasteiger partial charge is 0.306 e. The molecule has 0 N–H and O–H groups in total. The Balaban J connectivity index is 4.42. The van der Waals surface area contributed by atoms with Gasteiger partial charge in [-0.2, -0.15) is 0 Å². The molecule has 6 nitrogen and oxygen atoms in total. The molecule has 306 valence electrons. The zero-order chi connectivity index (χ0) is 38.7. The molecule has 0 spiro atoms. The van der Waals surface area contributed by atoms with Crippen molar-refractivity contribution in [2.45, 2.75) is 219 Å². The number of hydrogen-bond acceptors (Lipinski definition) is 6. The van der Waals surface area contributed by atoms with E-state index in [-0.39, 0.29) is 31.1 Å². The molecule has 0 heterocycles. The lowest BCUT2D eigenvalue weighted by atomic mass is 10.1. The normalized spacial score (nSPS) is 12.4. The van der Waals surface area contributed by atoms with Crippen LogP contribution in [0.25, 0.3) is 0 Å². The summed E-state index contributed by atoms with van der Waals surface area (Å²) in [5.41, 5.74) is 0. The van der Waals surface area contributed by atoms with Gasteiger partial charge in [-0.05, 0) is 83.5 Å². The number of rotatable bonds is 39. The number of ether oxygens (including phenoxy) is 3. The first kappa shape index (κ1) is 50.4. The Bertz CT molecular complexity index is 949. The van der Waals surface area contributed by atoms with Crippen LogP contribution in [-0.2, 0) is 28.6 Å². The predicted molar refractivity (Wildman–Crippen MR) is 224 cm³/mol. The van der Waals surface area contributed by atoms with Crippen LogP contribution < -0.4 is 0 Å². The maximum Gasteiger partial charge on any atom is 0.306 e. The molecule has 1 unspecified atom stereocenters. The van der Waals surface area contributed by atoms with Gasteiger partial charge >= 0.3 is 17.9 Å². The average molecular weight is 743 g/mol. The lowest BCUT2D eigenvalue weighted by Gasteiger charge is -2.18. The van der Waals surface area contributed by atoms with E-state index in [0.717, 1.165) is 103 Å². The minimum Gasteiger partial charge on any atom is -0.462 e. The summed E-state index contributed by atoms with van der Waals surface area (Å²) in [5, 5.41) is 0. The van der Waals surface area contributed by atoms with E-state index in [1.165, 1.54) is 70.6 Å². The maximum absolute atomic E-state index is 12.7.